The Morgan fingerprint density at radius 3 is 1.77 bits per heavy atom. The van der Waals surface area contributed by atoms with Crippen LogP contribution in [-0.4, -0.2) is 55.2 Å². The van der Waals surface area contributed by atoms with Gasteiger partial charge in [-0.25, -0.2) is 4.79 Å². The summed E-state index contributed by atoms with van der Waals surface area (Å²) in [6.07, 6.45) is 0.246. The summed E-state index contributed by atoms with van der Waals surface area (Å²) in [7, 11) is -1.87. The summed E-state index contributed by atoms with van der Waals surface area (Å²) >= 11 is 0. The van der Waals surface area contributed by atoms with Crippen LogP contribution < -0.4 is 0 Å². The van der Waals surface area contributed by atoms with Gasteiger partial charge in [0.1, 0.15) is 0 Å². The molecule has 0 spiro atoms. The minimum absolute atomic E-state index is 0.246. The number of carbonyl (C=O) groups is 1. The molecule has 0 saturated carbocycles. The lowest BCUT2D eigenvalue weighted by molar-refractivity contribution is -0.280. The predicted octanol–water partition coefficient (Wildman–Crippen LogP) is 4.26. The van der Waals surface area contributed by atoms with Gasteiger partial charge in [-0.3, -0.25) is 9.40 Å². The van der Waals surface area contributed by atoms with E-state index in [0.29, 0.717) is 19.8 Å². The second kappa shape index (κ2) is 9.65. The lowest BCUT2D eigenvalue weighted by Crippen LogP contribution is -2.53. The number of hydrogen-bond donors (Lipinski definition) is 0. The topological polar surface area (TPSA) is 74.3 Å². The van der Waals surface area contributed by atoms with Crippen LogP contribution in [0.4, 0.5) is 0 Å². The van der Waals surface area contributed by atoms with Crippen LogP contribution in [0, 0.1) is 5.41 Å². The van der Waals surface area contributed by atoms with Crippen molar-refractivity contribution in [3.8, 4) is 0 Å². The number of hydrogen-bond acceptors (Lipinski definition) is 7. The van der Waals surface area contributed by atoms with Crippen molar-refractivity contribution in [3.05, 3.63) is 0 Å². The van der Waals surface area contributed by atoms with Crippen molar-refractivity contribution in [3.63, 3.8) is 0 Å². The molecule has 0 fully saturated rings. The van der Waals surface area contributed by atoms with Crippen molar-refractivity contribution in [2.75, 3.05) is 33.0 Å². The van der Waals surface area contributed by atoms with Gasteiger partial charge in [-0.15, -0.1) is 0 Å². The highest BCUT2D eigenvalue weighted by Crippen LogP contribution is 2.52. The first-order valence-corrected chi connectivity index (χ1v) is 10.8. The van der Waals surface area contributed by atoms with Crippen molar-refractivity contribution >= 4 is 13.6 Å². The molecule has 0 bridgehead atoms. The smallest absolute Gasteiger partial charge is 0.339 e. The Morgan fingerprint density at radius 2 is 1.42 bits per heavy atom. The molecule has 0 aliphatic rings. The molecule has 8 heteroatoms. The van der Waals surface area contributed by atoms with Crippen molar-refractivity contribution in [1.29, 1.82) is 0 Å². The van der Waals surface area contributed by atoms with Crippen LogP contribution in [-0.2, 0) is 28.0 Å². The first-order valence-electron chi connectivity index (χ1n) is 9.06. The van der Waals surface area contributed by atoms with E-state index < -0.39 is 24.6 Å². The SMILES string of the molecule is CCOP(=O)(CC(C)(C)CN(OC(C)(C)C(=O)OC)C(C)(C)C)OCC. The lowest BCUT2D eigenvalue weighted by Gasteiger charge is -2.43. The largest absolute Gasteiger partial charge is 0.467 e. The number of esters is 1. The third-order valence-electron chi connectivity index (χ3n) is 3.61. The molecule has 26 heavy (non-hydrogen) atoms. The number of rotatable bonds is 11. The third kappa shape index (κ3) is 8.49. The van der Waals surface area contributed by atoms with Crippen LogP contribution in [0.15, 0.2) is 0 Å². The molecule has 156 valence electrons. The lowest BCUT2D eigenvalue weighted by atomic mass is 9.94. The fourth-order valence-electron chi connectivity index (χ4n) is 2.45. The summed E-state index contributed by atoms with van der Waals surface area (Å²) in [6, 6.07) is 0. The fourth-order valence-corrected chi connectivity index (χ4v) is 4.64. The number of ether oxygens (including phenoxy) is 1. The monoisotopic (exact) mass is 395 g/mol. The van der Waals surface area contributed by atoms with E-state index in [9.17, 15) is 9.36 Å². The molecule has 0 aliphatic carbocycles. The van der Waals surface area contributed by atoms with E-state index in [2.05, 4.69) is 0 Å². The molecular weight excluding hydrogens is 357 g/mol. The fraction of sp³-hybridized carbons (Fsp3) is 0.944. The summed E-state index contributed by atoms with van der Waals surface area (Å²) < 4.78 is 28.6. The van der Waals surface area contributed by atoms with Gasteiger partial charge in [0.15, 0.2) is 5.60 Å². The summed E-state index contributed by atoms with van der Waals surface area (Å²) in [5.74, 6) is -0.459. The molecule has 0 aromatic heterocycles. The zero-order valence-corrected chi connectivity index (χ0v) is 19.1. The van der Waals surface area contributed by atoms with Crippen LogP contribution in [0.25, 0.3) is 0 Å². The van der Waals surface area contributed by atoms with Crippen molar-refractivity contribution in [2.45, 2.75) is 73.5 Å². The molecule has 0 aromatic carbocycles. The summed E-state index contributed by atoms with van der Waals surface area (Å²) in [5, 5.41) is 1.74. The normalized spacial score (nSPS) is 14.0. The highest BCUT2D eigenvalue weighted by Gasteiger charge is 2.41. The maximum atomic E-state index is 12.9. The van der Waals surface area contributed by atoms with Crippen molar-refractivity contribution < 1.29 is 28.0 Å². The molecule has 0 radical (unpaired) electrons. The van der Waals surface area contributed by atoms with Crippen LogP contribution >= 0.6 is 7.60 Å². The zero-order chi connectivity index (χ0) is 20.8. The molecule has 0 unspecified atom stereocenters. The molecule has 0 saturated heterocycles. The number of nitrogens with zero attached hydrogens (tertiary/aromatic N) is 1. The Bertz CT molecular complexity index is 488. The number of methoxy groups -OCH3 is 1. The van der Waals surface area contributed by atoms with Gasteiger partial charge in [0, 0.05) is 12.1 Å². The quantitative estimate of drug-likeness (QED) is 0.294. The minimum Gasteiger partial charge on any atom is -0.467 e. The first kappa shape index (κ1) is 25.5. The summed E-state index contributed by atoms with van der Waals surface area (Å²) in [5.41, 5.74) is -1.97. The Morgan fingerprint density at radius 1 is 0.962 bits per heavy atom. The van der Waals surface area contributed by atoms with Gasteiger partial charge in [0.2, 0.25) is 0 Å². The van der Waals surface area contributed by atoms with Gasteiger partial charge in [-0.1, -0.05) is 13.8 Å². The highest BCUT2D eigenvalue weighted by molar-refractivity contribution is 7.53. The third-order valence-corrected chi connectivity index (χ3v) is 6.16. The standard InChI is InChI=1S/C18H38NO6P/c1-11-23-26(21,24-12-2)14-17(6,7)13-19(16(3,4)5)25-18(8,9)15(20)22-10/h11-14H2,1-10H3. The van der Waals surface area contributed by atoms with E-state index >= 15 is 0 Å². The first-order chi connectivity index (χ1) is 11.6. The molecular formula is C18H38NO6P. The molecule has 0 aliphatic heterocycles. The molecule has 7 nitrogen and oxygen atoms in total. The van der Waals surface area contributed by atoms with Gasteiger partial charge in [0.25, 0.3) is 0 Å². The van der Waals surface area contributed by atoms with Gasteiger partial charge in [-0.2, -0.15) is 5.06 Å². The molecule has 0 N–H and O–H groups in total. The molecule has 0 atom stereocenters. The van der Waals surface area contributed by atoms with E-state index in [1.807, 2.05) is 34.6 Å². The van der Waals surface area contributed by atoms with Crippen molar-refractivity contribution in [1.82, 2.24) is 5.06 Å². The average Bonchev–Trinajstić information content (AvgIpc) is 2.43. The van der Waals surface area contributed by atoms with Gasteiger partial charge < -0.3 is 13.8 Å². The van der Waals surface area contributed by atoms with Crippen LogP contribution in [0.1, 0.15) is 62.3 Å². The number of carbonyl (C=O) groups excluding carboxylic acids is 1. The van der Waals surface area contributed by atoms with E-state index in [0.717, 1.165) is 0 Å². The van der Waals surface area contributed by atoms with E-state index in [1.54, 1.807) is 32.8 Å². The van der Waals surface area contributed by atoms with E-state index in [-0.39, 0.29) is 11.7 Å². The van der Waals surface area contributed by atoms with Crippen LogP contribution in [0.3, 0.4) is 0 Å². The van der Waals surface area contributed by atoms with Gasteiger partial charge in [-0.05, 0) is 53.9 Å². The zero-order valence-electron chi connectivity index (χ0n) is 18.2. The molecule has 0 heterocycles. The second-order valence-electron chi connectivity index (χ2n) is 8.57. The Hall–Kier alpha value is -0.460. The minimum atomic E-state index is -3.20. The number of hydroxylamine groups is 2. The maximum Gasteiger partial charge on any atom is 0.339 e. The van der Waals surface area contributed by atoms with E-state index in [4.69, 9.17) is 18.6 Å². The Labute approximate surface area is 159 Å². The van der Waals surface area contributed by atoms with Crippen LogP contribution in [0.2, 0.25) is 0 Å². The maximum absolute atomic E-state index is 12.9. The van der Waals surface area contributed by atoms with Crippen LogP contribution in [0.5, 0.6) is 0 Å². The summed E-state index contributed by atoms with van der Waals surface area (Å²) in [4.78, 5) is 18.0. The van der Waals surface area contributed by atoms with E-state index in [1.165, 1.54) is 7.11 Å². The van der Waals surface area contributed by atoms with Crippen molar-refractivity contribution in [2.24, 2.45) is 5.41 Å². The second-order valence-corrected chi connectivity index (χ2v) is 10.6. The summed E-state index contributed by atoms with van der Waals surface area (Å²) in [6.45, 7) is 17.9. The van der Waals surface area contributed by atoms with Gasteiger partial charge in [0.05, 0.1) is 26.5 Å². The molecule has 0 amide bonds. The molecule has 0 aromatic rings. The predicted molar refractivity (Wildman–Crippen MR) is 103 cm³/mol. The Balaban J connectivity index is 5.44. The molecule has 0 rings (SSSR count). The average molecular weight is 395 g/mol. The highest BCUT2D eigenvalue weighted by atomic mass is 31.2. The van der Waals surface area contributed by atoms with Gasteiger partial charge >= 0.3 is 13.6 Å². The Kier molecular flexibility index (Phi) is 9.48.